The lowest BCUT2D eigenvalue weighted by Crippen LogP contribution is -2.29. The van der Waals surface area contributed by atoms with Crippen LogP contribution in [0.5, 0.6) is 11.5 Å². The van der Waals surface area contributed by atoms with E-state index in [-0.39, 0.29) is 12.7 Å². The monoisotopic (exact) mass is 280 g/mol. The zero-order valence-corrected chi connectivity index (χ0v) is 12.3. The van der Waals surface area contributed by atoms with Crippen LogP contribution in [0.25, 0.3) is 0 Å². The van der Waals surface area contributed by atoms with E-state index in [0.717, 1.165) is 37.0 Å². The fraction of sp³-hybridized carbons (Fsp3) is 0.625. The van der Waals surface area contributed by atoms with E-state index < -0.39 is 0 Å². The van der Waals surface area contributed by atoms with Gasteiger partial charge in [0.2, 0.25) is 0 Å². The van der Waals surface area contributed by atoms with Crippen molar-refractivity contribution in [2.75, 3.05) is 13.7 Å². The van der Waals surface area contributed by atoms with Gasteiger partial charge in [0.15, 0.2) is 11.5 Å². The third-order valence-corrected chi connectivity index (χ3v) is 3.70. The number of benzene rings is 1. The quantitative estimate of drug-likeness (QED) is 0.870. The van der Waals surface area contributed by atoms with E-state index >= 15 is 0 Å². The second-order valence-corrected chi connectivity index (χ2v) is 5.14. The number of methoxy groups -OCH3 is 1. The minimum atomic E-state index is 0.00946. The summed E-state index contributed by atoms with van der Waals surface area (Å²) in [6.45, 7) is 2.53. The van der Waals surface area contributed by atoms with Gasteiger partial charge in [0.05, 0.1) is 19.3 Å². The molecule has 112 valence electrons. The van der Waals surface area contributed by atoms with Crippen LogP contribution in [-0.2, 0) is 11.3 Å². The van der Waals surface area contributed by atoms with E-state index in [1.807, 2.05) is 25.1 Å². The van der Waals surface area contributed by atoms with Crippen LogP contribution in [0.15, 0.2) is 18.2 Å². The van der Waals surface area contributed by atoms with Crippen LogP contribution in [0.2, 0.25) is 0 Å². The molecule has 1 aromatic rings. The Morgan fingerprint density at radius 2 is 2.00 bits per heavy atom. The number of aliphatic hydroxyl groups is 1. The molecule has 1 N–H and O–H groups in total. The van der Waals surface area contributed by atoms with Crippen LogP contribution in [0.3, 0.4) is 0 Å². The second-order valence-electron chi connectivity index (χ2n) is 5.14. The molecular weight excluding hydrogens is 256 g/mol. The summed E-state index contributed by atoms with van der Waals surface area (Å²) in [7, 11) is 1.76. The first-order valence-corrected chi connectivity index (χ1v) is 7.32. The molecule has 0 bridgehead atoms. The van der Waals surface area contributed by atoms with Gasteiger partial charge in [-0.25, -0.2) is 0 Å². The Labute approximate surface area is 120 Å². The van der Waals surface area contributed by atoms with Gasteiger partial charge < -0.3 is 19.3 Å². The van der Waals surface area contributed by atoms with Crippen molar-refractivity contribution >= 4 is 0 Å². The molecule has 1 saturated carbocycles. The number of aliphatic hydroxyl groups excluding tert-OH is 1. The first-order chi connectivity index (χ1) is 9.76. The highest BCUT2D eigenvalue weighted by molar-refractivity contribution is 5.43. The zero-order chi connectivity index (χ0) is 14.4. The topological polar surface area (TPSA) is 47.9 Å². The van der Waals surface area contributed by atoms with Crippen molar-refractivity contribution in [2.24, 2.45) is 0 Å². The Balaban J connectivity index is 2.07. The van der Waals surface area contributed by atoms with Gasteiger partial charge in [-0.05, 0) is 43.9 Å². The molecule has 1 aliphatic rings. The number of ether oxygens (including phenoxy) is 3. The molecule has 0 aromatic heterocycles. The largest absolute Gasteiger partial charge is 0.490 e. The summed E-state index contributed by atoms with van der Waals surface area (Å²) in [4.78, 5) is 0. The zero-order valence-electron chi connectivity index (χ0n) is 12.3. The maximum atomic E-state index is 9.20. The normalized spacial score (nSPS) is 22.6. The lowest BCUT2D eigenvalue weighted by atomic mass is 9.95. The van der Waals surface area contributed by atoms with Gasteiger partial charge in [-0.2, -0.15) is 0 Å². The van der Waals surface area contributed by atoms with Gasteiger partial charge in [0.25, 0.3) is 0 Å². The Bertz CT molecular complexity index is 419. The summed E-state index contributed by atoms with van der Waals surface area (Å²) in [5, 5.41) is 9.20. The average molecular weight is 280 g/mol. The SMILES string of the molecule is CCOc1cc(CO)ccc1OC1CCCC(OC)C1. The van der Waals surface area contributed by atoms with Crippen molar-refractivity contribution in [3.8, 4) is 11.5 Å². The standard InChI is InChI=1S/C16H24O4/c1-3-19-16-9-12(11-17)7-8-15(16)20-14-6-4-5-13(10-14)18-2/h7-9,13-14,17H,3-6,10-11H2,1-2H3. The molecular formula is C16H24O4. The molecule has 0 amide bonds. The summed E-state index contributed by atoms with van der Waals surface area (Å²) in [5.74, 6) is 1.46. The Kier molecular flexibility index (Phi) is 5.68. The smallest absolute Gasteiger partial charge is 0.161 e. The van der Waals surface area contributed by atoms with Gasteiger partial charge >= 0.3 is 0 Å². The summed E-state index contributed by atoms with van der Waals surface area (Å²) in [6, 6.07) is 5.59. The van der Waals surface area contributed by atoms with Crippen LogP contribution in [0, 0.1) is 0 Å². The van der Waals surface area contributed by atoms with E-state index in [2.05, 4.69) is 0 Å². The van der Waals surface area contributed by atoms with Crippen LogP contribution in [-0.4, -0.2) is 31.0 Å². The van der Waals surface area contributed by atoms with Crippen molar-refractivity contribution in [3.05, 3.63) is 23.8 Å². The predicted molar refractivity (Wildman–Crippen MR) is 77.2 cm³/mol. The van der Waals surface area contributed by atoms with Crippen LogP contribution in [0.1, 0.15) is 38.2 Å². The highest BCUT2D eigenvalue weighted by Gasteiger charge is 2.24. The molecule has 0 spiro atoms. The number of rotatable bonds is 6. The van der Waals surface area contributed by atoms with Crippen LogP contribution >= 0.6 is 0 Å². The molecule has 1 fully saturated rings. The molecule has 2 rings (SSSR count). The second kappa shape index (κ2) is 7.50. The van der Waals surface area contributed by atoms with E-state index in [9.17, 15) is 5.11 Å². The van der Waals surface area contributed by atoms with Crippen molar-refractivity contribution in [1.29, 1.82) is 0 Å². The van der Waals surface area contributed by atoms with Gasteiger partial charge in [-0.1, -0.05) is 6.07 Å². The fourth-order valence-electron chi connectivity index (χ4n) is 2.62. The van der Waals surface area contributed by atoms with Crippen LogP contribution in [0.4, 0.5) is 0 Å². The van der Waals surface area contributed by atoms with Gasteiger partial charge in [0.1, 0.15) is 6.10 Å². The van der Waals surface area contributed by atoms with E-state index in [0.29, 0.717) is 18.5 Å². The van der Waals surface area contributed by atoms with Crippen molar-refractivity contribution in [1.82, 2.24) is 0 Å². The molecule has 0 radical (unpaired) electrons. The predicted octanol–water partition coefficient (Wildman–Crippen LogP) is 2.91. The fourth-order valence-corrected chi connectivity index (χ4v) is 2.62. The molecule has 0 saturated heterocycles. The van der Waals surface area contributed by atoms with Crippen LogP contribution < -0.4 is 9.47 Å². The van der Waals surface area contributed by atoms with E-state index in [4.69, 9.17) is 14.2 Å². The maximum absolute atomic E-state index is 9.20. The van der Waals surface area contributed by atoms with E-state index in [1.54, 1.807) is 7.11 Å². The number of hydrogen-bond donors (Lipinski definition) is 1. The maximum Gasteiger partial charge on any atom is 0.161 e. The van der Waals surface area contributed by atoms with Gasteiger partial charge in [0, 0.05) is 13.5 Å². The van der Waals surface area contributed by atoms with Crippen molar-refractivity contribution < 1.29 is 19.3 Å². The first kappa shape index (κ1) is 15.1. The molecule has 1 aliphatic carbocycles. The lowest BCUT2D eigenvalue weighted by Gasteiger charge is -2.29. The molecule has 2 atom stereocenters. The summed E-state index contributed by atoms with van der Waals surface area (Å²) in [5.41, 5.74) is 0.833. The number of hydrogen-bond acceptors (Lipinski definition) is 4. The first-order valence-electron chi connectivity index (χ1n) is 7.32. The Morgan fingerprint density at radius 3 is 2.70 bits per heavy atom. The molecule has 20 heavy (non-hydrogen) atoms. The molecule has 0 heterocycles. The summed E-state index contributed by atoms with van der Waals surface area (Å²) < 4.78 is 17.1. The minimum absolute atomic E-state index is 0.00946. The molecule has 2 unspecified atom stereocenters. The van der Waals surface area contributed by atoms with Gasteiger partial charge in [-0.15, -0.1) is 0 Å². The Morgan fingerprint density at radius 1 is 1.20 bits per heavy atom. The van der Waals surface area contributed by atoms with Gasteiger partial charge in [-0.3, -0.25) is 0 Å². The molecule has 1 aromatic carbocycles. The third-order valence-electron chi connectivity index (χ3n) is 3.70. The molecule has 4 nitrogen and oxygen atoms in total. The van der Waals surface area contributed by atoms with E-state index in [1.165, 1.54) is 0 Å². The minimum Gasteiger partial charge on any atom is -0.490 e. The summed E-state index contributed by atoms with van der Waals surface area (Å²) in [6.07, 6.45) is 4.67. The Hall–Kier alpha value is -1.26. The lowest BCUT2D eigenvalue weighted by molar-refractivity contribution is 0.0200. The average Bonchev–Trinajstić information content (AvgIpc) is 2.49. The summed E-state index contributed by atoms with van der Waals surface area (Å²) >= 11 is 0. The molecule has 0 aliphatic heterocycles. The van der Waals surface area contributed by atoms with Crippen molar-refractivity contribution in [2.45, 2.75) is 51.4 Å². The highest BCUT2D eigenvalue weighted by atomic mass is 16.5. The molecule has 4 heteroatoms. The third kappa shape index (κ3) is 3.87. The van der Waals surface area contributed by atoms with Crippen molar-refractivity contribution in [3.63, 3.8) is 0 Å². The highest BCUT2D eigenvalue weighted by Crippen LogP contribution is 2.32.